The number of benzene rings is 1. The van der Waals surface area contributed by atoms with Crippen LogP contribution >= 0.6 is 0 Å². The first-order chi connectivity index (χ1) is 15.8. The molecule has 1 N–H and O–H groups in total. The standard InChI is InChI=1S/C23H27FN4O5/c24-18-9-14(22(31)26-7-1-2-8-26)3-4-15(18)10-25-11-16-12-27(23(32)33)21(17(16)13-25)28-19(29)5-6-20(28)30/h3-4,9,16-17,21H,1-2,5-8,10-13H2,(H,32,33). The second kappa shape index (κ2) is 8.40. The van der Waals surface area contributed by atoms with E-state index >= 15 is 0 Å². The van der Waals surface area contributed by atoms with Gasteiger partial charge in [-0.15, -0.1) is 0 Å². The number of amides is 4. The molecular formula is C23H27FN4O5. The van der Waals surface area contributed by atoms with E-state index in [4.69, 9.17) is 0 Å². The smallest absolute Gasteiger partial charge is 0.408 e. The average molecular weight is 458 g/mol. The normalized spacial score (nSPS) is 27.7. The summed E-state index contributed by atoms with van der Waals surface area (Å²) in [5.74, 6) is -1.49. The molecule has 3 atom stereocenters. The Morgan fingerprint density at radius 2 is 1.73 bits per heavy atom. The van der Waals surface area contributed by atoms with Crippen molar-refractivity contribution in [3.8, 4) is 0 Å². The van der Waals surface area contributed by atoms with Crippen molar-refractivity contribution < 1.29 is 28.7 Å². The van der Waals surface area contributed by atoms with Crippen LogP contribution in [0.1, 0.15) is 41.6 Å². The van der Waals surface area contributed by atoms with Gasteiger partial charge >= 0.3 is 6.09 Å². The van der Waals surface area contributed by atoms with Gasteiger partial charge in [0, 0.05) is 69.2 Å². The summed E-state index contributed by atoms with van der Waals surface area (Å²) in [6.45, 7) is 2.98. The zero-order valence-corrected chi connectivity index (χ0v) is 18.3. The van der Waals surface area contributed by atoms with Crippen molar-refractivity contribution in [2.75, 3.05) is 32.7 Å². The lowest BCUT2D eigenvalue weighted by Gasteiger charge is -2.33. The minimum atomic E-state index is -1.14. The number of rotatable bonds is 4. The van der Waals surface area contributed by atoms with Gasteiger partial charge in [0.1, 0.15) is 12.0 Å². The summed E-state index contributed by atoms with van der Waals surface area (Å²) in [5.41, 5.74) is 0.813. The number of likely N-dealkylation sites (tertiary alicyclic amines) is 4. The molecule has 0 bridgehead atoms. The monoisotopic (exact) mass is 458 g/mol. The van der Waals surface area contributed by atoms with E-state index in [0.29, 0.717) is 43.9 Å². The van der Waals surface area contributed by atoms with Crippen molar-refractivity contribution >= 4 is 23.8 Å². The van der Waals surface area contributed by atoms with Crippen LogP contribution in [0.3, 0.4) is 0 Å². The van der Waals surface area contributed by atoms with Crippen molar-refractivity contribution in [2.24, 2.45) is 11.8 Å². The molecule has 4 saturated heterocycles. The molecule has 4 aliphatic heterocycles. The summed E-state index contributed by atoms with van der Waals surface area (Å²) < 4.78 is 14.9. The first-order valence-corrected chi connectivity index (χ1v) is 11.5. The molecule has 0 aliphatic carbocycles. The van der Waals surface area contributed by atoms with Crippen LogP contribution in [0.25, 0.3) is 0 Å². The molecule has 1 aromatic rings. The molecule has 176 valence electrons. The Labute approximate surface area is 190 Å². The zero-order chi connectivity index (χ0) is 23.3. The Morgan fingerprint density at radius 1 is 1.03 bits per heavy atom. The largest absolute Gasteiger partial charge is 0.465 e. The third-order valence-corrected chi connectivity index (χ3v) is 7.39. The fourth-order valence-corrected chi connectivity index (χ4v) is 5.80. The number of fused-ring (bicyclic) bond motifs is 1. The highest BCUT2D eigenvalue weighted by atomic mass is 19.1. The number of halogens is 1. The fourth-order valence-electron chi connectivity index (χ4n) is 5.80. The van der Waals surface area contributed by atoms with E-state index in [2.05, 4.69) is 0 Å². The van der Waals surface area contributed by atoms with Crippen LogP contribution in [0, 0.1) is 17.7 Å². The van der Waals surface area contributed by atoms with Gasteiger partial charge in [0.15, 0.2) is 0 Å². The van der Waals surface area contributed by atoms with Crippen LogP contribution in [-0.2, 0) is 16.1 Å². The number of carbonyl (C=O) groups excluding carboxylic acids is 3. The van der Waals surface area contributed by atoms with Gasteiger partial charge in [-0.3, -0.25) is 29.1 Å². The minimum Gasteiger partial charge on any atom is -0.465 e. The molecule has 0 spiro atoms. The Balaban J connectivity index is 1.29. The number of nitrogens with zero attached hydrogens (tertiary/aromatic N) is 4. The van der Waals surface area contributed by atoms with E-state index in [1.807, 2.05) is 4.90 Å². The van der Waals surface area contributed by atoms with Gasteiger partial charge < -0.3 is 10.0 Å². The molecule has 3 unspecified atom stereocenters. The van der Waals surface area contributed by atoms with Crippen molar-refractivity contribution in [1.29, 1.82) is 0 Å². The summed E-state index contributed by atoms with van der Waals surface area (Å²) in [5, 5.41) is 9.64. The number of hydrogen-bond donors (Lipinski definition) is 1. The van der Waals surface area contributed by atoms with Crippen molar-refractivity contribution in [3.05, 3.63) is 35.1 Å². The van der Waals surface area contributed by atoms with E-state index in [1.54, 1.807) is 17.0 Å². The molecule has 4 amide bonds. The molecule has 1 aromatic carbocycles. The second-order valence-corrected chi connectivity index (χ2v) is 9.43. The molecule has 9 nitrogen and oxygen atoms in total. The lowest BCUT2D eigenvalue weighted by Crippen LogP contribution is -2.53. The van der Waals surface area contributed by atoms with Crippen LogP contribution in [0.2, 0.25) is 0 Å². The highest BCUT2D eigenvalue weighted by Gasteiger charge is 2.54. The topological polar surface area (TPSA) is 101 Å². The lowest BCUT2D eigenvalue weighted by atomic mass is 9.97. The molecule has 4 heterocycles. The maximum Gasteiger partial charge on any atom is 0.408 e. The fraction of sp³-hybridized carbons (Fsp3) is 0.565. The number of imide groups is 1. The molecule has 0 radical (unpaired) electrons. The quantitative estimate of drug-likeness (QED) is 0.688. The number of carboxylic acid groups (broad SMARTS) is 1. The van der Waals surface area contributed by atoms with Crippen molar-refractivity contribution in [2.45, 2.75) is 38.4 Å². The molecule has 4 aliphatic rings. The van der Waals surface area contributed by atoms with Crippen molar-refractivity contribution in [1.82, 2.24) is 19.6 Å². The molecule has 0 aromatic heterocycles. The highest BCUT2D eigenvalue weighted by molar-refractivity contribution is 6.02. The summed E-state index contributed by atoms with van der Waals surface area (Å²) in [6, 6.07) is 4.59. The Hall–Kier alpha value is -3.01. The molecule has 4 fully saturated rings. The van der Waals surface area contributed by atoms with Gasteiger partial charge in [-0.25, -0.2) is 9.18 Å². The van der Waals surface area contributed by atoms with E-state index in [-0.39, 0.29) is 48.9 Å². The van der Waals surface area contributed by atoms with Crippen LogP contribution in [-0.4, -0.2) is 87.4 Å². The van der Waals surface area contributed by atoms with Gasteiger partial charge in [0.2, 0.25) is 11.8 Å². The van der Waals surface area contributed by atoms with E-state index in [1.165, 1.54) is 11.0 Å². The zero-order valence-electron chi connectivity index (χ0n) is 18.3. The summed E-state index contributed by atoms with van der Waals surface area (Å²) in [4.78, 5) is 55.1. The minimum absolute atomic E-state index is 0.0358. The maximum absolute atomic E-state index is 14.9. The van der Waals surface area contributed by atoms with E-state index < -0.39 is 18.1 Å². The predicted molar refractivity (Wildman–Crippen MR) is 113 cm³/mol. The Kier molecular flexibility index (Phi) is 5.55. The van der Waals surface area contributed by atoms with Gasteiger partial charge in [-0.2, -0.15) is 0 Å². The highest BCUT2D eigenvalue weighted by Crippen LogP contribution is 2.40. The third kappa shape index (κ3) is 3.86. The second-order valence-electron chi connectivity index (χ2n) is 9.43. The molecule has 5 rings (SSSR count). The lowest BCUT2D eigenvalue weighted by molar-refractivity contribution is -0.145. The molecule has 10 heteroatoms. The van der Waals surface area contributed by atoms with Gasteiger partial charge in [-0.05, 0) is 30.9 Å². The molecular weight excluding hydrogens is 431 g/mol. The van der Waals surface area contributed by atoms with Crippen LogP contribution < -0.4 is 0 Å². The average Bonchev–Trinajstić information content (AvgIpc) is 3.55. The van der Waals surface area contributed by atoms with Crippen molar-refractivity contribution in [3.63, 3.8) is 0 Å². The van der Waals surface area contributed by atoms with Crippen LogP contribution in [0.5, 0.6) is 0 Å². The van der Waals surface area contributed by atoms with Crippen LogP contribution in [0.15, 0.2) is 18.2 Å². The first-order valence-electron chi connectivity index (χ1n) is 11.5. The van der Waals surface area contributed by atoms with Gasteiger partial charge in [0.05, 0.1) is 0 Å². The van der Waals surface area contributed by atoms with Gasteiger partial charge in [-0.1, -0.05) is 6.07 Å². The SMILES string of the molecule is O=C(c1ccc(CN2CC3CN(C(=O)O)C(N4C(=O)CCC4=O)C3C2)c(F)c1)N1CCCC1. The van der Waals surface area contributed by atoms with Gasteiger partial charge in [0.25, 0.3) is 5.91 Å². The Morgan fingerprint density at radius 3 is 2.36 bits per heavy atom. The molecule has 0 saturated carbocycles. The first kappa shape index (κ1) is 21.8. The summed E-state index contributed by atoms with van der Waals surface area (Å²) >= 11 is 0. The Bertz CT molecular complexity index is 995. The predicted octanol–water partition coefficient (Wildman–Crippen LogP) is 1.58. The van der Waals surface area contributed by atoms with E-state index in [9.17, 15) is 28.7 Å². The van der Waals surface area contributed by atoms with E-state index in [0.717, 1.165) is 17.7 Å². The maximum atomic E-state index is 14.9. The third-order valence-electron chi connectivity index (χ3n) is 7.39. The summed E-state index contributed by atoms with van der Waals surface area (Å²) in [6.07, 6.45) is 0.217. The number of carbonyl (C=O) groups is 4. The summed E-state index contributed by atoms with van der Waals surface area (Å²) in [7, 11) is 0. The molecule has 33 heavy (non-hydrogen) atoms. The van der Waals surface area contributed by atoms with Crippen LogP contribution in [0.4, 0.5) is 9.18 Å². The number of hydrogen-bond acceptors (Lipinski definition) is 5.